The summed E-state index contributed by atoms with van der Waals surface area (Å²) in [6.07, 6.45) is 0. The molecule has 1 heterocycles. The summed E-state index contributed by atoms with van der Waals surface area (Å²) in [6, 6.07) is 4.02. The van der Waals surface area contributed by atoms with E-state index in [4.69, 9.17) is 4.74 Å². The molecule has 1 aromatic rings. The molecule has 1 aliphatic rings. The van der Waals surface area contributed by atoms with Gasteiger partial charge in [-0.15, -0.1) is 0 Å². The molecule has 13 heavy (non-hydrogen) atoms. The van der Waals surface area contributed by atoms with Crippen molar-refractivity contribution in [3.05, 3.63) is 35.4 Å². The zero-order chi connectivity index (χ0) is 9.47. The van der Waals surface area contributed by atoms with Gasteiger partial charge in [0.25, 0.3) is 0 Å². The van der Waals surface area contributed by atoms with E-state index in [2.05, 4.69) is 0 Å². The zero-order valence-corrected chi connectivity index (χ0v) is 7.31. The number of ether oxygens (including phenoxy) is 1. The molecule has 0 saturated carbocycles. The second-order valence-electron chi connectivity index (χ2n) is 3.68. The highest BCUT2D eigenvalue weighted by Crippen LogP contribution is 2.32. The van der Waals surface area contributed by atoms with Gasteiger partial charge < -0.3 is 4.74 Å². The Balaban J connectivity index is 2.36. The first-order valence-electron chi connectivity index (χ1n) is 4.15. The molecular formula is C10H10F2O. The number of hydrogen-bond donors (Lipinski definition) is 0. The van der Waals surface area contributed by atoms with Gasteiger partial charge in [0.2, 0.25) is 0 Å². The first kappa shape index (κ1) is 8.63. The van der Waals surface area contributed by atoms with E-state index in [0.29, 0.717) is 13.2 Å². The van der Waals surface area contributed by atoms with E-state index in [-0.39, 0.29) is 5.41 Å². The van der Waals surface area contributed by atoms with Crippen molar-refractivity contribution in [3.8, 4) is 0 Å². The van der Waals surface area contributed by atoms with Crippen LogP contribution >= 0.6 is 0 Å². The molecular weight excluding hydrogens is 174 g/mol. The fraction of sp³-hybridized carbons (Fsp3) is 0.400. The van der Waals surface area contributed by atoms with Crippen LogP contribution < -0.4 is 0 Å². The summed E-state index contributed by atoms with van der Waals surface area (Å²) in [4.78, 5) is 0. The fourth-order valence-electron chi connectivity index (χ4n) is 1.45. The molecule has 1 saturated heterocycles. The van der Waals surface area contributed by atoms with E-state index in [0.717, 1.165) is 11.6 Å². The van der Waals surface area contributed by atoms with Gasteiger partial charge in [-0.1, -0.05) is 13.0 Å². The first-order valence-corrected chi connectivity index (χ1v) is 4.15. The first-order chi connectivity index (χ1) is 6.12. The Hall–Kier alpha value is -0.960. The van der Waals surface area contributed by atoms with E-state index in [1.807, 2.05) is 6.92 Å². The topological polar surface area (TPSA) is 9.23 Å². The summed E-state index contributed by atoms with van der Waals surface area (Å²) in [5, 5.41) is 0. The maximum atomic E-state index is 12.9. The third-order valence-corrected chi connectivity index (χ3v) is 2.46. The summed E-state index contributed by atoms with van der Waals surface area (Å²) in [6.45, 7) is 3.14. The van der Waals surface area contributed by atoms with E-state index < -0.39 is 11.6 Å². The molecule has 0 aromatic heterocycles. The molecule has 0 bridgehead atoms. The van der Waals surface area contributed by atoms with Gasteiger partial charge in [0, 0.05) is 5.41 Å². The summed E-state index contributed by atoms with van der Waals surface area (Å²) >= 11 is 0. The summed E-state index contributed by atoms with van der Waals surface area (Å²) in [5.74, 6) is -1.58. The number of rotatable bonds is 1. The minimum atomic E-state index is -0.799. The highest BCUT2D eigenvalue weighted by Gasteiger charge is 2.35. The molecule has 0 spiro atoms. The average molecular weight is 184 g/mol. The van der Waals surface area contributed by atoms with Crippen LogP contribution in [0.1, 0.15) is 12.5 Å². The molecule has 1 fully saturated rings. The molecule has 0 aliphatic carbocycles. The van der Waals surface area contributed by atoms with Crippen molar-refractivity contribution in [3.63, 3.8) is 0 Å². The van der Waals surface area contributed by atoms with Crippen LogP contribution in [0.25, 0.3) is 0 Å². The summed E-state index contributed by atoms with van der Waals surface area (Å²) < 4.78 is 30.5. The molecule has 70 valence electrons. The molecule has 1 aliphatic heterocycles. The van der Waals surface area contributed by atoms with Gasteiger partial charge in [-0.25, -0.2) is 8.78 Å². The monoisotopic (exact) mass is 184 g/mol. The van der Waals surface area contributed by atoms with E-state index in [1.54, 1.807) is 6.07 Å². The molecule has 0 unspecified atom stereocenters. The summed E-state index contributed by atoms with van der Waals surface area (Å²) in [7, 11) is 0. The van der Waals surface area contributed by atoms with Gasteiger partial charge in [-0.05, 0) is 17.7 Å². The van der Waals surface area contributed by atoms with Gasteiger partial charge in [0.1, 0.15) is 0 Å². The quantitative estimate of drug-likeness (QED) is 0.650. The Morgan fingerprint density at radius 3 is 2.38 bits per heavy atom. The van der Waals surface area contributed by atoms with Crippen molar-refractivity contribution >= 4 is 0 Å². The van der Waals surface area contributed by atoms with Gasteiger partial charge in [-0.3, -0.25) is 0 Å². The third-order valence-electron chi connectivity index (χ3n) is 2.46. The van der Waals surface area contributed by atoms with Crippen LogP contribution in [-0.2, 0) is 10.2 Å². The molecule has 0 N–H and O–H groups in total. The smallest absolute Gasteiger partial charge is 0.159 e. The lowest BCUT2D eigenvalue weighted by Gasteiger charge is -2.38. The van der Waals surface area contributed by atoms with Crippen LogP contribution in [0.15, 0.2) is 18.2 Å². The lowest BCUT2D eigenvalue weighted by atomic mass is 9.81. The maximum Gasteiger partial charge on any atom is 0.159 e. The lowest BCUT2D eigenvalue weighted by Crippen LogP contribution is -2.43. The second kappa shape index (κ2) is 2.77. The molecule has 2 rings (SSSR count). The average Bonchev–Trinajstić information content (AvgIpc) is 2.06. The normalized spacial score (nSPS) is 19.6. The van der Waals surface area contributed by atoms with Crippen LogP contribution in [0, 0.1) is 11.6 Å². The minimum Gasteiger partial charge on any atom is -0.379 e. The Labute approximate surface area is 75.3 Å². The van der Waals surface area contributed by atoms with E-state index in [1.165, 1.54) is 6.07 Å². The fourth-order valence-corrected chi connectivity index (χ4v) is 1.45. The van der Waals surface area contributed by atoms with Crippen molar-refractivity contribution < 1.29 is 13.5 Å². The van der Waals surface area contributed by atoms with Crippen LogP contribution in [0.5, 0.6) is 0 Å². The number of hydrogen-bond acceptors (Lipinski definition) is 1. The maximum absolute atomic E-state index is 12.9. The Bertz CT molecular complexity index is 332. The molecule has 0 amide bonds. The van der Waals surface area contributed by atoms with Crippen LogP contribution in [-0.4, -0.2) is 13.2 Å². The van der Waals surface area contributed by atoms with E-state index in [9.17, 15) is 8.78 Å². The van der Waals surface area contributed by atoms with Gasteiger partial charge >= 0.3 is 0 Å². The van der Waals surface area contributed by atoms with Gasteiger partial charge in [0.05, 0.1) is 13.2 Å². The number of benzene rings is 1. The zero-order valence-electron chi connectivity index (χ0n) is 7.31. The van der Waals surface area contributed by atoms with Crippen molar-refractivity contribution in [1.82, 2.24) is 0 Å². The predicted molar refractivity (Wildman–Crippen MR) is 44.5 cm³/mol. The van der Waals surface area contributed by atoms with Gasteiger partial charge in [0.15, 0.2) is 11.6 Å². The minimum absolute atomic E-state index is 0.130. The molecule has 1 aromatic carbocycles. The van der Waals surface area contributed by atoms with Crippen LogP contribution in [0.3, 0.4) is 0 Å². The highest BCUT2D eigenvalue weighted by molar-refractivity contribution is 5.28. The van der Waals surface area contributed by atoms with Crippen molar-refractivity contribution in [1.29, 1.82) is 0 Å². The SMILES string of the molecule is CC1(c2ccc(F)c(F)c2)COC1. The van der Waals surface area contributed by atoms with Crippen LogP contribution in [0.4, 0.5) is 8.78 Å². The van der Waals surface area contributed by atoms with Crippen molar-refractivity contribution in [2.24, 2.45) is 0 Å². The third kappa shape index (κ3) is 1.33. The second-order valence-corrected chi connectivity index (χ2v) is 3.68. The predicted octanol–water partition coefficient (Wildman–Crippen LogP) is 2.25. The van der Waals surface area contributed by atoms with Crippen molar-refractivity contribution in [2.75, 3.05) is 13.2 Å². The Morgan fingerprint density at radius 2 is 1.92 bits per heavy atom. The summed E-state index contributed by atoms with van der Waals surface area (Å²) in [5.41, 5.74) is 0.673. The van der Waals surface area contributed by atoms with Gasteiger partial charge in [-0.2, -0.15) is 0 Å². The molecule has 1 nitrogen and oxygen atoms in total. The molecule has 0 radical (unpaired) electrons. The highest BCUT2D eigenvalue weighted by atomic mass is 19.2. The molecule has 3 heteroatoms. The largest absolute Gasteiger partial charge is 0.379 e. The standard InChI is InChI=1S/C10H10F2O/c1-10(5-13-6-10)7-2-3-8(11)9(12)4-7/h2-4H,5-6H2,1H3. The Morgan fingerprint density at radius 1 is 1.23 bits per heavy atom. The molecule has 0 atom stereocenters. The van der Waals surface area contributed by atoms with E-state index >= 15 is 0 Å². The lowest BCUT2D eigenvalue weighted by molar-refractivity contribution is -0.0501. The Kier molecular flexibility index (Phi) is 1.84. The number of halogens is 2. The van der Waals surface area contributed by atoms with Crippen molar-refractivity contribution in [2.45, 2.75) is 12.3 Å². The van der Waals surface area contributed by atoms with Crippen LogP contribution in [0.2, 0.25) is 0 Å².